The summed E-state index contributed by atoms with van der Waals surface area (Å²) in [5.74, 6) is 0.927. The fourth-order valence-corrected chi connectivity index (χ4v) is 3.33. The van der Waals surface area contributed by atoms with Crippen LogP contribution in [-0.2, 0) is 6.42 Å². The number of aliphatic imine (C=N–C) groups is 1. The molecule has 0 aliphatic carbocycles. The highest BCUT2D eigenvalue weighted by Gasteiger charge is 2.27. The molecule has 0 saturated carbocycles. The van der Waals surface area contributed by atoms with Crippen molar-refractivity contribution in [2.75, 3.05) is 32.7 Å². The molecule has 25 heavy (non-hydrogen) atoms. The molecule has 0 bridgehead atoms. The van der Waals surface area contributed by atoms with E-state index in [1.807, 2.05) is 6.20 Å². The second kappa shape index (κ2) is 9.80. The summed E-state index contributed by atoms with van der Waals surface area (Å²) in [6.07, 6.45) is 8.04. The third kappa shape index (κ3) is 6.34. The van der Waals surface area contributed by atoms with Crippen molar-refractivity contribution in [2.24, 2.45) is 4.99 Å². The SMILES string of the molecule is CCNC(=NCC(C)(C)N1CCCCC1)NCCCc1cn[nH]c1C. The number of piperidine rings is 1. The van der Waals surface area contributed by atoms with Crippen molar-refractivity contribution in [3.63, 3.8) is 0 Å². The molecule has 142 valence electrons. The van der Waals surface area contributed by atoms with Crippen LogP contribution in [0.2, 0.25) is 0 Å². The first kappa shape index (κ1) is 19.8. The van der Waals surface area contributed by atoms with E-state index in [1.54, 1.807) is 0 Å². The summed E-state index contributed by atoms with van der Waals surface area (Å²) in [6, 6.07) is 0. The van der Waals surface area contributed by atoms with Gasteiger partial charge in [0, 0.05) is 24.3 Å². The molecule has 6 heteroatoms. The van der Waals surface area contributed by atoms with Gasteiger partial charge in [-0.1, -0.05) is 6.42 Å². The van der Waals surface area contributed by atoms with Gasteiger partial charge < -0.3 is 10.6 Å². The Bertz CT molecular complexity index is 528. The van der Waals surface area contributed by atoms with Crippen LogP contribution in [0.3, 0.4) is 0 Å². The second-order valence-corrected chi connectivity index (χ2v) is 7.61. The first-order valence-corrected chi connectivity index (χ1v) is 9.79. The Kier molecular flexibility index (Phi) is 7.75. The van der Waals surface area contributed by atoms with E-state index in [0.29, 0.717) is 0 Å². The van der Waals surface area contributed by atoms with Crippen LogP contribution in [0.15, 0.2) is 11.2 Å². The van der Waals surface area contributed by atoms with Crippen LogP contribution in [0.1, 0.15) is 57.7 Å². The number of likely N-dealkylation sites (tertiary alicyclic amines) is 1. The summed E-state index contributed by atoms with van der Waals surface area (Å²) in [6.45, 7) is 13.8. The smallest absolute Gasteiger partial charge is 0.191 e. The molecule has 6 nitrogen and oxygen atoms in total. The molecule has 0 spiro atoms. The lowest BCUT2D eigenvalue weighted by Crippen LogP contribution is -2.49. The molecule has 1 fully saturated rings. The molecular weight excluding hydrogens is 312 g/mol. The van der Waals surface area contributed by atoms with Crippen LogP contribution in [0.25, 0.3) is 0 Å². The number of H-pyrrole nitrogens is 1. The minimum atomic E-state index is 0.122. The van der Waals surface area contributed by atoms with Gasteiger partial charge in [0.2, 0.25) is 0 Å². The van der Waals surface area contributed by atoms with Crippen molar-refractivity contribution in [3.05, 3.63) is 17.5 Å². The van der Waals surface area contributed by atoms with Gasteiger partial charge >= 0.3 is 0 Å². The quantitative estimate of drug-likeness (QED) is 0.383. The first-order valence-electron chi connectivity index (χ1n) is 9.79. The van der Waals surface area contributed by atoms with E-state index in [9.17, 15) is 0 Å². The van der Waals surface area contributed by atoms with E-state index in [4.69, 9.17) is 4.99 Å². The number of rotatable bonds is 8. The van der Waals surface area contributed by atoms with E-state index < -0.39 is 0 Å². The summed E-state index contributed by atoms with van der Waals surface area (Å²) in [5, 5.41) is 13.9. The number of nitrogens with zero attached hydrogens (tertiary/aromatic N) is 3. The fourth-order valence-electron chi connectivity index (χ4n) is 3.33. The molecule has 0 atom stereocenters. The molecule has 0 radical (unpaired) electrons. The van der Waals surface area contributed by atoms with Gasteiger partial charge in [-0.3, -0.25) is 15.0 Å². The third-order valence-corrected chi connectivity index (χ3v) is 5.03. The molecule has 1 aliphatic heterocycles. The van der Waals surface area contributed by atoms with Gasteiger partial charge in [0.1, 0.15) is 0 Å². The highest BCUT2D eigenvalue weighted by Crippen LogP contribution is 2.20. The maximum atomic E-state index is 4.85. The maximum Gasteiger partial charge on any atom is 0.191 e. The van der Waals surface area contributed by atoms with E-state index in [0.717, 1.165) is 38.4 Å². The summed E-state index contributed by atoms with van der Waals surface area (Å²) in [5.41, 5.74) is 2.59. The molecule has 1 saturated heterocycles. The molecule has 3 N–H and O–H groups in total. The molecule has 2 heterocycles. The zero-order valence-electron chi connectivity index (χ0n) is 16.5. The largest absolute Gasteiger partial charge is 0.357 e. The molecule has 1 aliphatic rings. The zero-order chi connectivity index (χ0) is 18.1. The van der Waals surface area contributed by atoms with Gasteiger partial charge in [0.25, 0.3) is 0 Å². The van der Waals surface area contributed by atoms with Gasteiger partial charge in [0.05, 0.1) is 12.7 Å². The predicted octanol–water partition coefficient (Wildman–Crippen LogP) is 2.47. The number of aromatic amines is 1. The highest BCUT2D eigenvalue weighted by molar-refractivity contribution is 5.79. The number of guanidine groups is 1. The van der Waals surface area contributed by atoms with Crippen molar-refractivity contribution in [1.29, 1.82) is 0 Å². The van der Waals surface area contributed by atoms with Gasteiger partial charge in [0.15, 0.2) is 5.96 Å². The summed E-state index contributed by atoms with van der Waals surface area (Å²) in [4.78, 5) is 7.44. The molecule has 2 rings (SSSR count). The minimum absolute atomic E-state index is 0.122. The Morgan fingerprint density at radius 3 is 2.68 bits per heavy atom. The zero-order valence-corrected chi connectivity index (χ0v) is 16.5. The second-order valence-electron chi connectivity index (χ2n) is 7.61. The standard InChI is InChI=1S/C19H36N6/c1-5-20-18(21-11-9-10-17-14-23-24-16(17)2)22-15-19(3,4)25-12-7-6-8-13-25/h14H,5-13,15H2,1-4H3,(H,23,24)(H2,20,21,22). The minimum Gasteiger partial charge on any atom is -0.357 e. The van der Waals surface area contributed by atoms with Gasteiger partial charge in [-0.2, -0.15) is 5.10 Å². The molecule has 0 aromatic carbocycles. The number of hydrogen-bond donors (Lipinski definition) is 3. The van der Waals surface area contributed by atoms with Crippen molar-refractivity contribution in [3.8, 4) is 0 Å². The Hall–Kier alpha value is -1.56. The molecule has 1 aromatic rings. The number of aryl methyl sites for hydroxylation is 2. The van der Waals surface area contributed by atoms with Gasteiger partial charge in [-0.15, -0.1) is 0 Å². The molecule has 0 amide bonds. The van der Waals surface area contributed by atoms with E-state index >= 15 is 0 Å². The van der Waals surface area contributed by atoms with Gasteiger partial charge in [-0.05, 0) is 72.0 Å². The summed E-state index contributed by atoms with van der Waals surface area (Å²) < 4.78 is 0. The van der Waals surface area contributed by atoms with Crippen LogP contribution in [-0.4, -0.2) is 59.3 Å². The van der Waals surface area contributed by atoms with Crippen molar-refractivity contribution >= 4 is 5.96 Å². The Labute approximate surface area is 152 Å². The first-order chi connectivity index (χ1) is 12.0. The number of nitrogens with one attached hydrogen (secondary N) is 3. The summed E-state index contributed by atoms with van der Waals surface area (Å²) in [7, 11) is 0. The number of aromatic nitrogens is 2. The fraction of sp³-hybridized carbons (Fsp3) is 0.789. The maximum absolute atomic E-state index is 4.85. The van der Waals surface area contributed by atoms with Crippen LogP contribution in [0.4, 0.5) is 0 Å². The molecule has 0 unspecified atom stereocenters. The predicted molar refractivity (Wildman–Crippen MR) is 105 cm³/mol. The van der Waals surface area contributed by atoms with Crippen molar-refractivity contribution in [2.45, 2.75) is 65.3 Å². The van der Waals surface area contributed by atoms with Crippen LogP contribution in [0, 0.1) is 6.92 Å². The van der Waals surface area contributed by atoms with Gasteiger partial charge in [-0.25, -0.2) is 0 Å². The van der Waals surface area contributed by atoms with E-state index in [2.05, 4.69) is 53.4 Å². The third-order valence-electron chi connectivity index (χ3n) is 5.03. The number of hydrogen-bond acceptors (Lipinski definition) is 3. The molecule has 1 aromatic heterocycles. The van der Waals surface area contributed by atoms with Crippen molar-refractivity contribution in [1.82, 2.24) is 25.7 Å². The molecular formula is C19H36N6. The monoisotopic (exact) mass is 348 g/mol. The Morgan fingerprint density at radius 1 is 1.28 bits per heavy atom. The van der Waals surface area contributed by atoms with Crippen molar-refractivity contribution < 1.29 is 0 Å². The van der Waals surface area contributed by atoms with Crippen LogP contribution in [0.5, 0.6) is 0 Å². The average Bonchev–Trinajstić information content (AvgIpc) is 3.02. The van der Waals surface area contributed by atoms with Crippen LogP contribution >= 0.6 is 0 Å². The summed E-state index contributed by atoms with van der Waals surface area (Å²) >= 11 is 0. The lowest BCUT2D eigenvalue weighted by atomic mass is 9.99. The average molecular weight is 349 g/mol. The Balaban J connectivity index is 1.79. The Morgan fingerprint density at radius 2 is 2.04 bits per heavy atom. The van der Waals surface area contributed by atoms with Crippen LogP contribution < -0.4 is 10.6 Å². The highest BCUT2D eigenvalue weighted by atomic mass is 15.2. The lowest BCUT2D eigenvalue weighted by molar-refractivity contribution is 0.102. The lowest BCUT2D eigenvalue weighted by Gasteiger charge is -2.40. The van der Waals surface area contributed by atoms with E-state index in [1.165, 1.54) is 43.6 Å². The topological polar surface area (TPSA) is 68.3 Å². The van der Waals surface area contributed by atoms with E-state index in [-0.39, 0.29) is 5.54 Å². The normalized spacial score (nSPS) is 16.9.